The smallest absolute Gasteiger partial charge is 0.0645 e. The quantitative estimate of drug-likeness (QED) is 0.200. The lowest BCUT2D eigenvalue weighted by atomic mass is 9.99. The van der Waals surface area contributed by atoms with Crippen LogP contribution in [0.5, 0.6) is 0 Å². The second-order valence-electron chi connectivity index (χ2n) is 10.8. The van der Waals surface area contributed by atoms with Crippen molar-refractivity contribution in [2.75, 3.05) is 0 Å². The Morgan fingerprint density at radius 3 is 1.86 bits per heavy atom. The van der Waals surface area contributed by atoms with Crippen LogP contribution in [0.2, 0.25) is 0 Å². The highest BCUT2D eigenvalue weighted by molar-refractivity contribution is 6.15. The molecule has 0 aliphatic rings. The van der Waals surface area contributed by atoms with Gasteiger partial charge in [0.15, 0.2) is 0 Å². The molecule has 2 heterocycles. The Morgan fingerprint density at radius 1 is 0.409 bits per heavy atom. The maximum Gasteiger partial charge on any atom is 0.0645 e. The molecule has 0 radical (unpaired) electrons. The van der Waals surface area contributed by atoms with Crippen LogP contribution in [0.1, 0.15) is 9.60 Å². The summed E-state index contributed by atoms with van der Waals surface area (Å²) in [4.78, 5) is 0. The molecule has 0 saturated carbocycles. The Hall–Kier alpha value is -5.86. The van der Waals surface area contributed by atoms with Crippen LogP contribution in [-0.2, 0) is 0 Å². The summed E-state index contributed by atoms with van der Waals surface area (Å²) in [7, 11) is 0. The van der Waals surface area contributed by atoms with Crippen molar-refractivity contribution in [2.24, 2.45) is 0 Å². The van der Waals surface area contributed by atoms with Crippen LogP contribution < -0.4 is 0 Å². The molecule has 0 amide bonds. The molecular weight excluding hydrogens is 532 g/mol. The summed E-state index contributed by atoms with van der Waals surface area (Å²) in [5.41, 5.74) is 6.87. The molecule has 9 rings (SSSR count). The van der Waals surface area contributed by atoms with Crippen LogP contribution in [0.25, 0.3) is 77.2 Å². The fraction of sp³-hybridized carbons (Fsp3) is 0. The molecule has 0 bridgehead atoms. The zero-order valence-corrected chi connectivity index (χ0v) is 23.5. The summed E-state index contributed by atoms with van der Waals surface area (Å²) in [6, 6.07) is 39.8. The van der Waals surface area contributed by atoms with Gasteiger partial charge < -0.3 is 9.13 Å². The molecule has 0 spiro atoms. The number of hydrogen-bond acceptors (Lipinski definition) is 0. The monoisotopic (exact) mass is 567 g/mol. The second-order valence-corrected chi connectivity index (χ2v) is 10.8. The van der Waals surface area contributed by atoms with Gasteiger partial charge in [-0.25, -0.2) is 0 Å². The van der Waals surface area contributed by atoms with Crippen LogP contribution >= 0.6 is 0 Å². The van der Waals surface area contributed by atoms with Gasteiger partial charge in [-0.3, -0.25) is 0 Å². The second kappa shape index (κ2) is 9.86. The fourth-order valence-electron chi connectivity index (χ4n) is 6.41. The summed E-state index contributed by atoms with van der Waals surface area (Å²) in [5, 5.41) is 2.30. The zero-order chi connectivity index (χ0) is 35.1. The number of fused-ring (bicyclic) bond motifs is 6. The Morgan fingerprint density at radius 2 is 1.09 bits per heavy atom. The predicted octanol–water partition coefficient (Wildman–Crippen LogP) is 11.2. The van der Waals surface area contributed by atoms with Gasteiger partial charge in [-0.15, -0.1) is 0 Å². The molecule has 0 atom stereocenters. The van der Waals surface area contributed by atoms with Gasteiger partial charge in [-0.2, -0.15) is 0 Å². The molecule has 0 N–H and O–H groups in total. The van der Waals surface area contributed by atoms with Crippen LogP contribution in [0.3, 0.4) is 0 Å². The zero-order valence-electron chi connectivity index (χ0n) is 30.5. The normalized spacial score (nSPS) is 13.9. The summed E-state index contributed by atoms with van der Waals surface area (Å²) in [6.45, 7) is 0. The van der Waals surface area contributed by atoms with Gasteiger partial charge in [0, 0.05) is 38.5 Å². The minimum Gasteiger partial charge on any atom is -0.309 e. The van der Waals surface area contributed by atoms with Crippen LogP contribution in [0.15, 0.2) is 170 Å². The van der Waals surface area contributed by atoms with Crippen molar-refractivity contribution in [1.29, 1.82) is 0 Å². The summed E-state index contributed by atoms with van der Waals surface area (Å²) < 4.78 is 67.0. The Balaban J connectivity index is 1.40. The Labute approximate surface area is 265 Å². The van der Waals surface area contributed by atoms with Crippen LogP contribution in [-0.4, -0.2) is 9.13 Å². The van der Waals surface area contributed by atoms with E-state index < -0.39 is 12.1 Å². The third kappa shape index (κ3) is 3.75. The van der Waals surface area contributed by atoms with E-state index in [2.05, 4.69) is 41.0 Å². The molecule has 0 aliphatic heterocycles. The molecular formula is C42H28N2. The van der Waals surface area contributed by atoms with E-state index in [-0.39, 0.29) is 57.6 Å². The highest BCUT2D eigenvalue weighted by Gasteiger charge is 2.18. The highest BCUT2D eigenvalue weighted by atomic mass is 15.0. The van der Waals surface area contributed by atoms with E-state index in [1.165, 1.54) is 0 Å². The van der Waals surface area contributed by atoms with Gasteiger partial charge in [-0.05, 0) is 71.2 Å². The van der Waals surface area contributed by atoms with Crippen molar-refractivity contribution in [3.63, 3.8) is 0 Å². The van der Waals surface area contributed by atoms with E-state index in [1.807, 2.05) is 78.9 Å². The SMILES string of the molecule is [2H]c1c([2H])c([2H])c2c(c1[2H])c1c([2H])c(-c3ccc4c(c3)c3cccc(-c5ccccc5)c3n4-c3ccccc3)c([2H])c([2H])c1n2-c1ccccc1. The number of para-hydroxylation sites is 4. The maximum absolute atomic E-state index is 9.65. The van der Waals surface area contributed by atoms with Gasteiger partial charge in [0.25, 0.3) is 0 Å². The lowest BCUT2D eigenvalue weighted by Crippen LogP contribution is -1.95. The van der Waals surface area contributed by atoms with Gasteiger partial charge in [0.2, 0.25) is 0 Å². The van der Waals surface area contributed by atoms with Crippen molar-refractivity contribution in [3.05, 3.63) is 170 Å². The predicted molar refractivity (Wildman–Crippen MR) is 186 cm³/mol. The van der Waals surface area contributed by atoms with Crippen molar-refractivity contribution in [1.82, 2.24) is 9.13 Å². The van der Waals surface area contributed by atoms with Gasteiger partial charge in [0.1, 0.15) is 0 Å². The first-order valence-electron chi connectivity index (χ1n) is 18.1. The molecule has 0 fully saturated rings. The summed E-state index contributed by atoms with van der Waals surface area (Å²) in [5.74, 6) is 0. The molecule has 7 aromatic carbocycles. The Kier molecular flexibility index (Phi) is 4.17. The van der Waals surface area contributed by atoms with Crippen molar-refractivity contribution in [2.45, 2.75) is 0 Å². The largest absolute Gasteiger partial charge is 0.309 e. The number of rotatable bonds is 4. The van der Waals surface area contributed by atoms with Gasteiger partial charge in [0.05, 0.1) is 31.7 Å². The topological polar surface area (TPSA) is 9.86 Å². The van der Waals surface area contributed by atoms with Crippen LogP contribution in [0.4, 0.5) is 0 Å². The third-order valence-electron chi connectivity index (χ3n) is 8.35. The molecule has 206 valence electrons. The number of nitrogens with zero attached hydrogens (tertiary/aromatic N) is 2. The van der Waals surface area contributed by atoms with Crippen molar-refractivity contribution >= 4 is 43.6 Å². The number of benzene rings is 7. The van der Waals surface area contributed by atoms with Crippen molar-refractivity contribution in [3.8, 4) is 33.6 Å². The average Bonchev–Trinajstić information content (AvgIpc) is 3.71. The first-order chi connectivity index (χ1) is 24.8. The van der Waals surface area contributed by atoms with Gasteiger partial charge >= 0.3 is 0 Å². The molecule has 9 aromatic rings. The molecule has 0 aliphatic carbocycles. The van der Waals surface area contributed by atoms with Crippen molar-refractivity contribution < 1.29 is 9.60 Å². The van der Waals surface area contributed by atoms with E-state index in [1.54, 1.807) is 16.7 Å². The minimum atomic E-state index is -0.411. The lowest BCUT2D eigenvalue weighted by molar-refractivity contribution is 1.18. The molecule has 0 saturated heterocycles. The van der Waals surface area contributed by atoms with E-state index in [0.717, 1.165) is 38.6 Å². The van der Waals surface area contributed by atoms with E-state index in [9.17, 15) is 4.11 Å². The molecule has 2 aromatic heterocycles. The molecule has 44 heavy (non-hydrogen) atoms. The average molecular weight is 568 g/mol. The number of hydrogen-bond donors (Lipinski definition) is 0. The minimum absolute atomic E-state index is 0.0631. The molecule has 0 unspecified atom stereocenters. The number of aromatic nitrogens is 2. The maximum atomic E-state index is 9.65. The standard InChI is InChI=1S/C42H28N2/c1-4-13-29(14-5-1)34-20-12-21-36-38-28-31(24-26-41(38)44(42(34)36)33-17-8-3-9-18-33)30-23-25-40-37(27-30)35-19-10-11-22-39(35)43(40)32-15-6-2-7-16-32/h1-28H/i10D,11D,19D,22D,23D,25D,27D. The Bertz CT molecular complexity index is 2860. The van der Waals surface area contributed by atoms with Gasteiger partial charge in [-0.1, -0.05) is 115 Å². The summed E-state index contributed by atoms with van der Waals surface area (Å²) in [6.07, 6.45) is 0. The van der Waals surface area contributed by atoms with E-state index in [0.29, 0.717) is 11.3 Å². The fourth-order valence-corrected chi connectivity index (χ4v) is 6.41. The molecule has 2 heteroatoms. The third-order valence-corrected chi connectivity index (χ3v) is 8.35. The summed E-state index contributed by atoms with van der Waals surface area (Å²) >= 11 is 0. The first-order valence-corrected chi connectivity index (χ1v) is 14.6. The molecule has 2 nitrogen and oxygen atoms in total. The lowest BCUT2D eigenvalue weighted by Gasteiger charge is -2.11. The van der Waals surface area contributed by atoms with E-state index >= 15 is 0 Å². The van der Waals surface area contributed by atoms with Crippen LogP contribution in [0, 0.1) is 0 Å². The highest BCUT2D eigenvalue weighted by Crippen LogP contribution is 2.40. The van der Waals surface area contributed by atoms with E-state index in [4.69, 9.17) is 5.48 Å². The first kappa shape index (κ1) is 18.6.